The number of alkyl halides is 3. The third-order valence-electron chi connectivity index (χ3n) is 4.40. The van der Waals surface area contributed by atoms with Crippen LogP contribution in [0.3, 0.4) is 0 Å². The average Bonchev–Trinajstić information content (AvgIpc) is 2.74. The van der Waals surface area contributed by atoms with Crippen LogP contribution in [0.1, 0.15) is 11.1 Å². The number of benzene rings is 3. The highest BCUT2D eigenvalue weighted by Crippen LogP contribution is 2.30. The van der Waals surface area contributed by atoms with Gasteiger partial charge in [-0.15, -0.1) is 0 Å². The van der Waals surface area contributed by atoms with Crippen molar-refractivity contribution in [1.29, 1.82) is 0 Å². The number of aryl methyl sites for hydroxylation is 1. The van der Waals surface area contributed by atoms with Crippen molar-refractivity contribution in [3.8, 4) is 0 Å². The molecule has 0 aliphatic carbocycles. The number of nitrogens with one attached hydrogen (secondary N) is 2. The Morgan fingerprint density at radius 3 is 2.12 bits per heavy atom. The van der Waals surface area contributed by atoms with Gasteiger partial charge in [0, 0.05) is 5.69 Å². The van der Waals surface area contributed by atoms with Crippen molar-refractivity contribution in [2.24, 2.45) is 0 Å². The summed E-state index contributed by atoms with van der Waals surface area (Å²) in [4.78, 5) is 24.9. The van der Waals surface area contributed by atoms with Gasteiger partial charge < -0.3 is 5.32 Å². The van der Waals surface area contributed by atoms with E-state index in [2.05, 4.69) is 5.32 Å². The van der Waals surface area contributed by atoms with Crippen molar-refractivity contribution < 1.29 is 31.2 Å². The van der Waals surface area contributed by atoms with E-state index >= 15 is 0 Å². The number of sulfonamides is 1. The molecule has 2 N–H and O–H groups in total. The molecule has 4 amide bonds. The average molecular weight is 477 g/mol. The molecule has 3 rings (SSSR count). The molecule has 0 atom stereocenters. The van der Waals surface area contributed by atoms with Crippen LogP contribution in [-0.2, 0) is 16.2 Å². The molecular formula is C22H18F3N3O4S. The third kappa shape index (κ3) is 5.69. The largest absolute Gasteiger partial charge is 0.416 e. The van der Waals surface area contributed by atoms with Crippen LogP contribution in [0.5, 0.6) is 0 Å². The third-order valence-corrected chi connectivity index (χ3v) is 6.13. The Morgan fingerprint density at radius 1 is 0.879 bits per heavy atom. The van der Waals surface area contributed by atoms with Crippen molar-refractivity contribution in [3.05, 3.63) is 90.0 Å². The second kappa shape index (κ2) is 9.33. The molecule has 3 aromatic carbocycles. The molecule has 172 valence electrons. The van der Waals surface area contributed by atoms with E-state index in [0.29, 0.717) is 10.4 Å². The number of nitrogens with zero attached hydrogens (tertiary/aromatic N) is 1. The molecule has 0 heterocycles. The minimum Gasteiger partial charge on any atom is -0.308 e. The zero-order chi connectivity index (χ0) is 24.2. The monoisotopic (exact) mass is 477 g/mol. The lowest BCUT2D eigenvalue weighted by atomic mass is 10.2. The summed E-state index contributed by atoms with van der Waals surface area (Å²) in [7, 11) is -4.42. The lowest BCUT2D eigenvalue weighted by Crippen LogP contribution is -2.47. The number of carbonyl (C=O) groups is 2. The number of para-hydroxylation sites is 1. The van der Waals surface area contributed by atoms with Gasteiger partial charge in [-0.2, -0.15) is 17.5 Å². The van der Waals surface area contributed by atoms with Gasteiger partial charge in [0.1, 0.15) is 0 Å². The molecule has 0 saturated carbocycles. The highest BCUT2D eigenvalue weighted by atomic mass is 32.2. The summed E-state index contributed by atoms with van der Waals surface area (Å²) in [6.07, 6.45) is -4.63. The second-order valence-corrected chi connectivity index (χ2v) is 8.67. The first kappa shape index (κ1) is 23.8. The normalized spacial score (nSPS) is 11.5. The van der Waals surface area contributed by atoms with Gasteiger partial charge in [-0.25, -0.2) is 18.0 Å². The Kier molecular flexibility index (Phi) is 6.73. The van der Waals surface area contributed by atoms with Crippen LogP contribution in [-0.4, -0.2) is 20.5 Å². The van der Waals surface area contributed by atoms with Crippen LogP contribution >= 0.6 is 0 Å². The van der Waals surface area contributed by atoms with Gasteiger partial charge >= 0.3 is 18.2 Å². The Morgan fingerprint density at radius 2 is 1.52 bits per heavy atom. The molecule has 0 aliphatic rings. The highest BCUT2D eigenvalue weighted by molar-refractivity contribution is 7.93. The van der Waals surface area contributed by atoms with Gasteiger partial charge in [-0.1, -0.05) is 42.0 Å². The number of amides is 4. The first-order chi connectivity index (χ1) is 15.5. The highest BCUT2D eigenvalue weighted by Gasteiger charge is 2.33. The van der Waals surface area contributed by atoms with Crippen molar-refractivity contribution in [1.82, 2.24) is 5.32 Å². The van der Waals surface area contributed by atoms with Crippen molar-refractivity contribution in [2.45, 2.75) is 18.0 Å². The second-order valence-electron chi connectivity index (χ2n) is 6.88. The predicted octanol–water partition coefficient (Wildman–Crippen LogP) is 5.15. The first-order valence-electron chi connectivity index (χ1n) is 9.45. The minimum absolute atomic E-state index is 0.0394. The molecule has 7 nitrogen and oxygen atoms in total. The van der Waals surface area contributed by atoms with E-state index in [1.807, 2.05) is 5.32 Å². The van der Waals surface area contributed by atoms with Crippen molar-refractivity contribution >= 4 is 33.5 Å². The van der Waals surface area contributed by atoms with Crippen molar-refractivity contribution in [2.75, 3.05) is 9.62 Å². The van der Waals surface area contributed by atoms with Gasteiger partial charge in [-0.05, 0) is 49.4 Å². The quantitative estimate of drug-likeness (QED) is 0.543. The number of imide groups is 1. The number of urea groups is 2. The van der Waals surface area contributed by atoms with Gasteiger partial charge in [0.2, 0.25) is 0 Å². The van der Waals surface area contributed by atoms with E-state index in [-0.39, 0.29) is 16.3 Å². The molecule has 0 aliphatic heterocycles. The Labute approximate surface area is 187 Å². The summed E-state index contributed by atoms with van der Waals surface area (Å²) >= 11 is 0. The Hall–Kier alpha value is -3.86. The molecule has 11 heteroatoms. The lowest BCUT2D eigenvalue weighted by Gasteiger charge is -2.22. The van der Waals surface area contributed by atoms with E-state index in [0.717, 1.165) is 17.7 Å². The number of anilines is 2. The summed E-state index contributed by atoms with van der Waals surface area (Å²) in [5, 5.41) is 3.95. The molecule has 33 heavy (non-hydrogen) atoms. The number of carbonyl (C=O) groups excluding carboxylic acids is 2. The fourth-order valence-corrected chi connectivity index (χ4v) is 4.18. The maximum absolute atomic E-state index is 13.2. The molecule has 0 fully saturated rings. The van der Waals surface area contributed by atoms with E-state index in [1.54, 1.807) is 25.1 Å². The van der Waals surface area contributed by atoms with E-state index in [9.17, 15) is 31.2 Å². The molecule has 0 unspecified atom stereocenters. The summed E-state index contributed by atoms with van der Waals surface area (Å²) in [5.41, 5.74) is -0.477. The molecular weight excluding hydrogens is 459 g/mol. The van der Waals surface area contributed by atoms with Crippen molar-refractivity contribution in [3.63, 3.8) is 0 Å². The summed E-state index contributed by atoms with van der Waals surface area (Å²) in [5.74, 6) is 0. The smallest absolute Gasteiger partial charge is 0.308 e. The maximum Gasteiger partial charge on any atom is 0.416 e. The summed E-state index contributed by atoms with van der Waals surface area (Å²) < 4.78 is 65.4. The Bertz CT molecular complexity index is 1260. The predicted molar refractivity (Wildman–Crippen MR) is 116 cm³/mol. The maximum atomic E-state index is 13.2. The minimum atomic E-state index is -4.63. The van der Waals surface area contributed by atoms with E-state index in [1.165, 1.54) is 42.5 Å². The summed E-state index contributed by atoms with van der Waals surface area (Å²) in [6.45, 7) is 1.76. The summed E-state index contributed by atoms with van der Waals surface area (Å²) in [6, 6.07) is 14.3. The van der Waals surface area contributed by atoms with Crippen LogP contribution < -0.4 is 14.9 Å². The van der Waals surface area contributed by atoms with Gasteiger partial charge in [0.05, 0.1) is 16.1 Å². The fourth-order valence-electron chi connectivity index (χ4n) is 2.83. The van der Waals surface area contributed by atoms with Gasteiger partial charge in [-0.3, -0.25) is 5.32 Å². The Balaban J connectivity index is 1.87. The topological polar surface area (TPSA) is 95.6 Å². The lowest BCUT2D eigenvalue weighted by molar-refractivity contribution is -0.137. The molecule has 3 aromatic rings. The van der Waals surface area contributed by atoms with Gasteiger partial charge in [0.25, 0.3) is 10.0 Å². The molecule has 0 aromatic heterocycles. The number of rotatable bonds is 4. The van der Waals surface area contributed by atoms with Crippen LogP contribution in [0.15, 0.2) is 83.8 Å². The first-order valence-corrected chi connectivity index (χ1v) is 10.9. The number of halogens is 3. The van der Waals surface area contributed by atoms with Gasteiger partial charge in [0.15, 0.2) is 0 Å². The van der Waals surface area contributed by atoms with Crippen LogP contribution in [0.25, 0.3) is 0 Å². The van der Waals surface area contributed by atoms with Crippen LogP contribution in [0, 0.1) is 6.92 Å². The molecule has 0 bridgehead atoms. The number of hydrogen-bond donors (Lipinski definition) is 2. The fraction of sp³-hybridized carbons (Fsp3) is 0.0909. The van der Waals surface area contributed by atoms with E-state index < -0.39 is 33.8 Å². The molecule has 0 spiro atoms. The van der Waals surface area contributed by atoms with Crippen LogP contribution in [0.2, 0.25) is 0 Å². The van der Waals surface area contributed by atoms with E-state index in [4.69, 9.17) is 0 Å². The number of hydrogen-bond acceptors (Lipinski definition) is 4. The zero-order valence-corrected chi connectivity index (χ0v) is 17.9. The molecule has 0 saturated heterocycles. The van der Waals surface area contributed by atoms with Crippen LogP contribution in [0.4, 0.5) is 34.1 Å². The SMILES string of the molecule is Cc1ccc(S(=O)(=O)N(C(=O)NC(=O)Nc2cccc(C(F)(F)F)c2)c2ccccc2)cc1. The molecule has 0 radical (unpaired) electrons. The standard InChI is InChI=1S/C22H18F3N3O4S/c1-15-10-12-19(13-11-15)33(31,32)28(18-8-3-2-4-9-18)21(30)27-20(29)26-17-7-5-6-16(14-17)22(23,24)25/h2-14H,1H3,(H2,26,27,29,30). The zero-order valence-electron chi connectivity index (χ0n) is 17.1.